The van der Waals surface area contributed by atoms with E-state index in [0.29, 0.717) is 47.9 Å². The number of carbonyl (C=O) groups is 2. The number of rotatable bonds is 9. The number of hydroxylamine groups is 1. The molecule has 0 aliphatic carbocycles. The van der Waals surface area contributed by atoms with E-state index >= 15 is 0 Å². The molecular weight excluding hydrogens is 512 g/mol. The van der Waals surface area contributed by atoms with Crippen LogP contribution in [-0.2, 0) is 14.3 Å². The highest BCUT2D eigenvalue weighted by Crippen LogP contribution is 2.40. The Labute approximate surface area is 232 Å². The predicted molar refractivity (Wildman–Crippen MR) is 151 cm³/mol. The first-order valence-electron chi connectivity index (χ1n) is 13.1. The lowest BCUT2D eigenvalue weighted by Crippen LogP contribution is -2.39. The van der Waals surface area contributed by atoms with Crippen molar-refractivity contribution in [2.24, 2.45) is 0 Å². The van der Waals surface area contributed by atoms with Gasteiger partial charge in [-0.3, -0.25) is 14.5 Å². The minimum absolute atomic E-state index is 0.332. The van der Waals surface area contributed by atoms with E-state index in [1.165, 1.54) is 7.11 Å². The summed E-state index contributed by atoms with van der Waals surface area (Å²) < 4.78 is 10.2. The van der Waals surface area contributed by atoms with Crippen molar-refractivity contribution >= 4 is 34.5 Å². The second-order valence-corrected chi connectivity index (χ2v) is 9.39. The number of nitrogens with zero attached hydrogens (tertiary/aromatic N) is 1. The summed E-state index contributed by atoms with van der Waals surface area (Å²) in [6.07, 6.45) is -1.01. The van der Waals surface area contributed by atoms with Gasteiger partial charge < -0.3 is 25.2 Å². The van der Waals surface area contributed by atoms with Crippen LogP contribution in [0.3, 0.4) is 0 Å². The summed E-state index contributed by atoms with van der Waals surface area (Å²) >= 11 is 0. The highest BCUT2D eigenvalue weighted by Gasteiger charge is 2.29. The molecule has 2 aliphatic heterocycles. The van der Waals surface area contributed by atoms with Crippen LogP contribution in [0.1, 0.15) is 31.8 Å². The Morgan fingerprint density at radius 2 is 1.73 bits per heavy atom. The molecule has 0 bridgehead atoms. The quantitative estimate of drug-likeness (QED) is 0.183. The van der Waals surface area contributed by atoms with Crippen molar-refractivity contribution in [3.05, 3.63) is 95.1 Å². The zero-order chi connectivity index (χ0) is 27.9. The number of benzene rings is 3. The maximum Gasteiger partial charge on any atom is 0.337 e. The average molecular weight is 545 g/mol. The number of hydrogen-bond acceptors (Lipinski definition) is 9. The normalized spacial score (nSPS) is 17.9. The zero-order valence-corrected chi connectivity index (χ0v) is 22.2. The van der Waals surface area contributed by atoms with E-state index < -0.39 is 12.2 Å². The summed E-state index contributed by atoms with van der Waals surface area (Å²) in [5.74, 6) is -0.787. The predicted octanol–water partition coefficient (Wildman–Crippen LogP) is 3.19. The number of aliphatic hydroxyl groups is 1. The van der Waals surface area contributed by atoms with Crippen LogP contribution in [0.5, 0.6) is 0 Å². The van der Waals surface area contributed by atoms with Gasteiger partial charge in [0.05, 0.1) is 38.2 Å². The summed E-state index contributed by atoms with van der Waals surface area (Å²) in [4.78, 5) is 32.2. The molecule has 3 aromatic rings. The number of ether oxygens (including phenoxy) is 2. The molecule has 1 amide bonds. The molecule has 5 rings (SSSR count). The topological polar surface area (TPSA) is 121 Å². The maximum atomic E-state index is 12.6. The van der Waals surface area contributed by atoms with Crippen molar-refractivity contribution in [3.63, 3.8) is 0 Å². The average Bonchev–Trinajstić information content (AvgIpc) is 3.33. The molecule has 1 atom stereocenters. The molecule has 40 heavy (non-hydrogen) atoms. The number of morpholine rings is 1. The van der Waals surface area contributed by atoms with Crippen LogP contribution in [0.4, 0.5) is 11.4 Å². The van der Waals surface area contributed by atoms with E-state index in [-0.39, 0.29) is 5.91 Å². The lowest BCUT2D eigenvalue weighted by atomic mass is 9.98. The van der Waals surface area contributed by atoms with Crippen LogP contribution in [0.15, 0.2) is 72.8 Å². The number of fused-ring (bicyclic) bond motifs is 1. The van der Waals surface area contributed by atoms with Gasteiger partial charge in [0, 0.05) is 47.7 Å². The van der Waals surface area contributed by atoms with Gasteiger partial charge in [-0.15, -0.1) is 0 Å². The minimum Gasteiger partial charge on any atom is -0.465 e. The smallest absolute Gasteiger partial charge is 0.337 e. The first kappa shape index (κ1) is 27.4. The van der Waals surface area contributed by atoms with Crippen molar-refractivity contribution in [2.45, 2.75) is 6.23 Å². The van der Waals surface area contributed by atoms with E-state index in [0.717, 1.165) is 36.4 Å². The molecule has 208 valence electrons. The molecule has 4 N–H and O–H groups in total. The largest absolute Gasteiger partial charge is 0.465 e. The van der Waals surface area contributed by atoms with Gasteiger partial charge >= 0.3 is 5.97 Å². The first-order chi connectivity index (χ1) is 19.5. The molecule has 2 aliphatic rings. The summed E-state index contributed by atoms with van der Waals surface area (Å²) in [5, 5.41) is 17.5. The van der Waals surface area contributed by atoms with Gasteiger partial charge in [-0.05, 0) is 42.0 Å². The zero-order valence-electron chi connectivity index (χ0n) is 22.2. The van der Waals surface area contributed by atoms with Crippen molar-refractivity contribution in [1.29, 1.82) is 0 Å². The molecule has 0 saturated carbocycles. The molecule has 0 aromatic heterocycles. The van der Waals surface area contributed by atoms with Crippen LogP contribution < -0.4 is 16.1 Å². The Morgan fingerprint density at radius 3 is 2.45 bits per heavy atom. The van der Waals surface area contributed by atoms with Gasteiger partial charge in [-0.2, -0.15) is 0 Å². The van der Waals surface area contributed by atoms with E-state index in [4.69, 9.17) is 14.3 Å². The highest BCUT2D eigenvalue weighted by molar-refractivity contribution is 6.04. The summed E-state index contributed by atoms with van der Waals surface area (Å²) in [6.45, 7) is 4.26. The lowest BCUT2D eigenvalue weighted by Gasteiger charge is -2.26. The monoisotopic (exact) mass is 544 g/mol. The molecule has 10 nitrogen and oxygen atoms in total. The molecule has 3 aromatic carbocycles. The number of nitrogens with one attached hydrogen (secondary N) is 3. The second kappa shape index (κ2) is 12.8. The third-order valence-electron chi connectivity index (χ3n) is 6.82. The van der Waals surface area contributed by atoms with Crippen LogP contribution in [0.25, 0.3) is 11.3 Å². The number of carbonyl (C=O) groups excluding carboxylic acids is 2. The fourth-order valence-corrected chi connectivity index (χ4v) is 4.71. The summed E-state index contributed by atoms with van der Waals surface area (Å²) in [7, 11) is 1.33. The molecule has 10 heteroatoms. The van der Waals surface area contributed by atoms with Gasteiger partial charge in [-0.1, -0.05) is 36.4 Å². The molecule has 1 unspecified atom stereocenters. The second-order valence-electron chi connectivity index (χ2n) is 9.39. The third kappa shape index (κ3) is 6.32. The molecule has 2 heterocycles. The van der Waals surface area contributed by atoms with Gasteiger partial charge in [0.2, 0.25) is 0 Å². The van der Waals surface area contributed by atoms with Crippen molar-refractivity contribution in [1.82, 2.24) is 10.4 Å². The van der Waals surface area contributed by atoms with Crippen LogP contribution in [0, 0.1) is 0 Å². The van der Waals surface area contributed by atoms with Crippen LogP contribution >= 0.6 is 0 Å². The van der Waals surface area contributed by atoms with E-state index in [2.05, 4.69) is 21.0 Å². The van der Waals surface area contributed by atoms with E-state index in [1.807, 2.05) is 30.3 Å². The molecule has 0 spiro atoms. The SMILES string of the molecule is COC(=O)c1ccc2c(c1)NC(O)/C2=C(\Nc1ccc(C(=O)NOCCN2CCOCC2)cc1)c1ccccc1. The Bertz CT molecular complexity index is 1370. The van der Waals surface area contributed by atoms with Gasteiger partial charge in [0.25, 0.3) is 5.91 Å². The number of methoxy groups -OCH3 is 1. The third-order valence-corrected chi connectivity index (χ3v) is 6.82. The minimum atomic E-state index is -1.01. The van der Waals surface area contributed by atoms with Gasteiger partial charge in [0.15, 0.2) is 6.23 Å². The van der Waals surface area contributed by atoms with Gasteiger partial charge in [-0.25, -0.2) is 10.3 Å². The van der Waals surface area contributed by atoms with Crippen LogP contribution in [0.2, 0.25) is 0 Å². The van der Waals surface area contributed by atoms with Gasteiger partial charge in [0.1, 0.15) is 0 Å². The summed E-state index contributed by atoms with van der Waals surface area (Å²) in [5.41, 5.74) is 7.63. The molecule has 1 fully saturated rings. The standard InChI is InChI=1S/C30H32N4O6/c1-38-30(37)22-9-12-24-25(19-22)32-29(36)26(24)27(20-5-3-2-4-6-20)31-23-10-7-21(8-11-23)28(35)33-40-18-15-34-13-16-39-17-14-34/h2-12,19,29,31-32,36H,13-18H2,1H3,(H,33,35)/b27-26-. The van der Waals surface area contributed by atoms with Crippen LogP contribution in [-0.4, -0.2) is 74.7 Å². The Kier molecular flexibility index (Phi) is 8.72. The van der Waals surface area contributed by atoms with E-state index in [1.54, 1.807) is 42.5 Å². The number of anilines is 2. The number of aliphatic hydroxyl groups excluding tert-OH is 1. The Balaban J connectivity index is 1.32. The first-order valence-corrected chi connectivity index (χ1v) is 13.1. The Morgan fingerprint density at radius 1 is 1.00 bits per heavy atom. The summed E-state index contributed by atoms with van der Waals surface area (Å²) in [6, 6.07) is 21.8. The number of hydrogen-bond donors (Lipinski definition) is 4. The lowest BCUT2D eigenvalue weighted by molar-refractivity contribution is -0.00176. The fourth-order valence-electron chi connectivity index (χ4n) is 4.71. The van der Waals surface area contributed by atoms with Crippen molar-refractivity contribution < 1.29 is 29.0 Å². The van der Waals surface area contributed by atoms with Crippen molar-refractivity contribution in [3.8, 4) is 0 Å². The number of amides is 1. The molecular formula is C30H32N4O6. The molecule has 0 radical (unpaired) electrons. The van der Waals surface area contributed by atoms with Crippen molar-refractivity contribution in [2.75, 3.05) is 57.2 Å². The fraction of sp³-hybridized carbons (Fsp3) is 0.267. The highest BCUT2D eigenvalue weighted by atomic mass is 16.7. The Hall–Kier alpha value is -4.22. The van der Waals surface area contributed by atoms with E-state index in [9.17, 15) is 14.7 Å². The maximum absolute atomic E-state index is 12.6. The number of esters is 1. The molecule has 1 saturated heterocycles.